The van der Waals surface area contributed by atoms with E-state index in [1.165, 1.54) is 11.1 Å². The van der Waals surface area contributed by atoms with Crippen molar-refractivity contribution in [2.24, 2.45) is 10.9 Å². The quantitative estimate of drug-likeness (QED) is 0.370. The first-order valence-electron chi connectivity index (χ1n) is 11.5. The Kier molecular flexibility index (Phi) is 6.59. The molecule has 0 saturated carbocycles. The molecule has 0 fully saturated rings. The van der Waals surface area contributed by atoms with Gasteiger partial charge in [-0.15, -0.1) is 0 Å². The van der Waals surface area contributed by atoms with Crippen LogP contribution in [0.25, 0.3) is 6.08 Å². The van der Waals surface area contributed by atoms with Gasteiger partial charge in [-0.3, -0.25) is 9.79 Å². The summed E-state index contributed by atoms with van der Waals surface area (Å²) in [5.74, 6) is -0.0885. The number of aliphatic imine (C=N–C) groups is 1. The molecule has 2 aromatic rings. The van der Waals surface area contributed by atoms with Gasteiger partial charge in [0.15, 0.2) is 0 Å². The normalized spacial score (nSPS) is 23.1. The van der Waals surface area contributed by atoms with Gasteiger partial charge in [0.2, 0.25) is 5.56 Å². The Labute approximate surface area is 194 Å². The number of H-pyrrole nitrogens is 1. The molecule has 2 unspecified atom stereocenters. The Balaban J connectivity index is 1.69. The number of esters is 1. The summed E-state index contributed by atoms with van der Waals surface area (Å²) in [6, 6.07) is 10.9. The minimum atomic E-state index is -0.528. The fraction of sp³-hybridized carbons (Fsp3) is 0.321. The SMILES string of the molecule is CC=C1C2C=C(C)CC1(N=CC=Cc1ccccc1C(=O)OCCC)c1ccc(=O)[nH]c1C2. The molecule has 0 aliphatic heterocycles. The van der Waals surface area contributed by atoms with Crippen molar-refractivity contribution in [1.29, 1.82) is 0 Å². The van der Waals surface area contributed by atoms with Crippen molar-refractivity contribution in [3.63, 3.8) is 0 Å². The third kappa shape index (κ3) is 4.40. The van der Waals surface area contributed by atoms with E-state index >= 15 is 0 Å². The number of benzene rings is 1. The Bertz CT molecular complexity index is 1230. The molecule has 0 saturated heterocycles. The molecule has 170 valence electrons. The summed E-state index contributed by atoms with van der Waals surface area (Å²) >= 11 is 0. The van der Waals surface area contributed by atoms with E-state index in [1.807, 2.05) is 49.6 Å². The second-order valence-corrected chi connectivity index (χ2v) is 8.68. The summed E-state index contributed by atoms with van der Waals surface area (Å²) in [5.41, 5.74) is 5.31. The van der Waals surface area contributed by atoms with Crippen LogP contribution >= 0.6 is 0 Å². The van der Waals surface area contributed by atoms with Crippen LogP contribution < -0.4 is 5.56 Å². The van der Waals surface area contributed by atoms with Crippen LogP contribution in [-0.4, -0.2) is 23.8 Å². The predicted octanol–water partition coefficient (Wildman–Crippen LogP) is 5.39. The smallest absolute Gasteiger partial charge is 0.338 e. The number of carbonyl (C=O) groups is 1. The van der Waals surface area contributed by atoms with Gasteiger partial charge in [0, 0.05) is 35.9 Å². The zero-order chi connectivity index (χ0) is 23.4. The van der Waals surface area contributed by atoms with Gasteiger partial charge in [-0.25, -0.2) is 4.79 Å². The van der Waals surface area contributed by atoms with Crippen molar-refractivity contribution in [2.75, 3.05) is 6.61 Å². The van der Waals surface area contributed by atoms with Crippen LogP contribution in [-0.2, 0) is 16.7 Å². The number of nitrogens with zero attached hydrogens (tertiary/aromatic N) is 1. The molecule has 1 heterocycles. The number of hydrogen-bond donors (Lipinski definition) is 1. The molecule has 2 bridgehead atoms. The van der Waals surface area contributed by atoms with Crippen molar-refractivity contribution >= 4 is 18.3 Å². The number of ether oxygens (including phenoxy) is 1. The molecule has 1 aromatic carbocycles. The Morgan fingerprint density at radius 1 is 1.27 bits per heavy atom. The highest BCUT2D eigenvalue weighted by molar-refractivity contribution is 5.94. The van der Waals surface area contributed by atoms with E-state index in [9.17, 15) is 9.59 Å². The summed E-state index contributed by atoms with van der Waals surface area (Å²) < 4.78 is 5.31. The molecule has 2 aliphatic rings. The highest BCUT2D eigenvalue weighted by atomic mass is 16.5. The largest absolute Gasteiger partial charge is 0.462 e. The molecule has 1 N–H and O–H groups in total. The first kappa shape index (κ1) is 22.7. The van der Waals surface area contributed by atoms with Gasteiger partial charge >= 0.3 is 5.97 Å². The second-order valence-electron chi connectivity index (χ2n) is 8.68. The van der Waals surface area contributed by atoms with Crippen molar-refractivity contribution in [1.82, 2.24) is 4.98 Å². The summed E-state index contributed by atoms with van der Waals surface area (Å²) in [6.45, 7) is 6.59. The lowest BCUT2D eigenvalue weighted by Crippen LogP contribution is -2.40. The maximum Gasteiger partial charge on any atom is 0.338 e. The van der Waals surface area contributed by atoms with Crippen molar-refractivity contribution in [2.45, 2.75) is 45.6 Å². The standard InChI is InChI=1S/C28H30N2O3/c1-4-15-33-27(32)22-11-7-6-9-20(22)10-8-14-29-28-18-19(3)16-21(23(28)5-2)17-25-24(28)12-13-26(31)30-25/h5-14,16,21H,4,15,17-18H2,1-3H3,(H,30,31). The van der Waals surface area contributed by atoms with Crippen LogP contribution in [0.1, 0.15) is 60.8 Å². The van der Waals surface area contributed by atoms with E-state index in [4.69, 9.17) is 9.73 Å². The molecule has 5 heteroatoms. The van der Waals surface area contributed by atoms with Gasteiger partial charge in [0.25, 0.3) is 0 Å². The van der Waals surface area contributed by atoms with Gasteiger partial charge in [0.05, 0.1) is 12.2 Å². The number of allylic oxidation sites excluding steroid dienone is 3. The summed E-state index contributed by atoms with van der Waals surface area (Å²) in [4.78, 5) is 32.5. The average Bonchev–Trinajstić information content (AvgIpc) is 2.80. The van der Waals surface area contributed by atoms with Crippen molar-refractivity contribution < 1.29 is 9.53 Å². The molecule has 0 spiro atoms. The highest BCUT2D eigenvalue weighted by Gasteiger charge is 2.46. The van der Waals surface area contributed by atoms with Crippen molar-refractivity contribution in [3.8, 4) is 0 Å². The second kappa shape index (κ2) is 9.57. The fourth-order valence-corrected chi connectivity index (χ4v) is 5.07. The molecule has 2 atom stereocenters. The number of rotatable bonds is 6. The van der Waals surface area contributed by atoms with Gasteiger partial charge in [0.1, 0.15) is 5.54 Å². The molecule has 1 aromatic heterocycles. The minimum absolute atomic E-state index is 0.0814. The zero-order valence-corrected chi connectivity index (χ0v) is 19.4. The molecular formula is C28H30N2O3. The summed E-state index contributed by atoms with van der Waals surface area (Å²) in [6.07, 6.45) is 12.4. The third-order valence-electron chi connectivity index (χ3n) is 6.35. The number of aromatic amines is 1. The van der Waals surface area contributed by atoms with E-state index in [0.29, 0.717) is 12.2 Å². The molecule has 4 rings (SSSR count). The molecule has 33 heavy (non-hydrogen) atoms. The molecule has 0 amide bonds. The zero-order valence-electron chi connectivity index (χ0n) is 19.4. The minimum Gasteiger partial charge on any atom is -0.462 e. The number of pyridine rings is 1. The van der Waals surface area contributed by atoms with Crippen LogP contribution in [0.5, 0.6) is 0 Å². The lowest BCUT2D eigenvalue weighted by molar-refractivity contribution is 0.0505. The van der Waals surface area contributed by atoms with Gasteiger partial charge < -0.3 is 9.72 Å². The molecule has 2 aliphatic carbocycles. The Morgan fingerprint density at radius 2 is 2.09 bits per heavy atom. The van der Waals surface area contributed by atoms with Crippen LogP contribution in [0.2, 0.25) is 0 Å². The number of aromatic nitrogens is 1. The Hall–Kier alpha value is -3.47. The lowest BCUT2D eigenvalue weighted by Gasteiger charge is -2.45. The van der Waals surface area contributed by atoms with Crippen LogP contribution in [0.15, 0.2) is 75.6 Å². The van der Waals surface area contributed by atoms with Gasteiger partial charge in [-0.2, -0.15) is 0 Å². The maximum absolute atomic E-state index is 12.4. The lowest BCUT2D eigenvalue weighted by atomic mass is 9.63. The topological polar surface area (TPSA) is 71.5 Å². The average molecular weight is 443 g/mol. The molecule has 5 nitrogen and oxygen atoms in total. The van der Waals surface area contributed by atoms with E-state index in [0.717, 1.165) is 36.1 Å². The van der Waals surface area contributed by atoms with Crippen molar-refractivity contribution in [3.05, 3.63) is 98.5 Å². The molecular weight excluding hydrogens is 412 g/mol. The summed E-state index contributed by atoms with van der Waals surface area (Å²) in [5, 5.41) is 0. The predicted molar refractivity (Wildman–Crippen MR) is 133 cm³/mol. The third-order valence-corrected chi connectivity index (χ3v) is 6.35. The number of hydrogen-bond acceptors (Lipinski definition) is 4. The van der Waals surface area contributed by atoms with E-state index in [2.05, 4.69) is 31.0 Å². The first-order valence-corrected chi connectivity index (χ1v) is 11.5. The van der Waals surface area contributed by atoms with E-state index < -0.39 is 5.54 Å². The summed E-state index contributed by atoms with van der Waals surface area (Å²) in [7, 11) is 0. The van der Waals surface area contributed by atoms with Crippen LogP contribution in [0.4, 0.5) is 0 Å². The first-order chi connectivity index (χ1) is 16.0. The van der Waals surface area contributed by atoms with Crippen LogP contribution in [0, 0.1) is 5.92 Å². The number of carbonyl (C=O) groups excluding carboxylic acids is 1. The van der Waals surface area contributed by atoms with E-state index in [-0.39, 0.29) is 17.4 Å². The Morgan fingerprint density at radius 3 is 2.88 bits per heavy atom. The van der Waals surface area contributed by atoms with Gasteiger partial charge in [-0.1, -0.05) is 48.9 Å². The highest BCUT2D eigenvalue weighted by Crippen LogP contribution is 2.51. The van der Waals surface area contributed by atoms with Crippen LogP contribution in [0.3, 0.4) is 0 Å². The van der Waals surface area contributed by atoms with E-state index in [1.54, 1.807) is 12.1 Å². The molecule has 0 radical (unpaired) electrons. The fourth-order valence-electron chi connectivity index (χ4n) is 5.07. The monoisotopic (exact) mass is 442 g/mol. The van der Waals surface area contributed by atoms with Gasteiger partial charge in [-0.05, 0) is 56.0 Å². The number of nitrogens with one attached hydrogen (secondary N) is 1. The maximum atomic E-state index is 12.4. The number of fused-ring (bicyclic) bond motifs is 4.